The van der Waals surface area contributed by atoms with Gasteiger partial charge in [-0.3, -0.25) is 9.69 Å². The molecule has 0 saturated carbocycles. The number of nitrogens with zero attached hydrogens (tertiary/aromatic N) is 1. The van der Waals surface area contributed by atoms with E-state index in [4.69, 9.17) is 0 Å². The molecule has 1 aliphatic rings. The van der Waals surface area contributed by atoms with Crippen LogP contribution in [-0.2, 0) is 10.3 Å². The Hall–Kier alpha value is -2.95. The highest BCUT2D eigenvalue weighted by atomic mass is 16.4. The van der Waals surface area contributed by atoms with Gasteiger partial charge in [0.2, 0.25) is 0 Å². The molecule has 1 heterocycles. The number of hydrogen-bond donors (Lipinski definition) is 2. The zero-order valence-corrected chi connectivity index (χ0v) is 15.5. The van der Waals surface area contributed by atoms with Gasteiger partial charge in [0.15, 0.2) is 0 Å². The zero-order chi connectivity index (χ0) is 19.6. The van der Waals surface area contributed by atoms with Crippen LogP contribution < -0.4 is 0 Å². The third-order valence-electron chi connectivity index (χ3n) is 5.62. The van der Waals surface area contributed by atoms with Crippen molar-refractivity contribution in [2.24, 2.45) is 0 Å². The van der Waals surface area contributed by atoms with Crippen molar-refractivity contribution < 1.29 is 15.0 Å². The summed E-state index contributed by atoms with van der Waals surface area (Å²) in [4.78, 5) is 14.1. The first-order valence-electron chi connectivity index (χ1n) is 9.50. The van der Waals surface area contributed by atoms with Crippen LogP contribution in [-0.4, -0.2) is 39.8 Å². The number of aliphatic hydroxyl groups is 1. The normalized spacial score (nSPS) is 20.2. The van der Waals surface area contributed by atoms with E-state index in [1.165, 1.54) is 0 Å². The topological polar surface area (TPSA) is 60.8 Å². The van der Waals surface area contributed by atoms with Crippen molar-refractivity contribution in [3.63, 3.8) is 0 Å². The second kappa shape index (κ2) is 7.58. The zero-order valence-electron chi connectivity index (χ0n) is 15.5. The van der Waals surface area contributed by atoms with Gasteiger partial charge in [-0.1, -0.05) is 91.0 Å². The van der Waals surface area contributed by atoms with Gasteiger partial charge in [-0.05, 0) is 23.1 Å². The van der Waals surface area contributed by atoms with E-state index in [1.54, 1.807) is 0 Å². The van der Waals surface area contributed by atoms with Crippen LogP contribution in [0.5, 0.6) is 0 Å². The molecule has 0 amide bonds. The molecule has 142 valence electrons. The van der Waals surface area contributed by atoms with Crippen LogP contribution in [0.1, 0.15) is 23.1 Å². The fourth-order valence-electron chi connectivity index (χ4n) is 4.49. The minimum absolute atomic E-state index is 0.422. The number of hydrogen-bond acceptors (Lipinski definition) is 3. The van der Waals surface area contributed by atoms with Gasteiger partial charge in [-0.15, -0.1) is 0 Å². The van der Waals surface area contributed by atoms with Crippen molar-refractivity contribution in [1.29, 1.82) is 0 Å². The largest absolute Gasteiger partial charge is 0.480 e. The summed E-state index contributed by atoms with van der Waals surface area (Å²) in [5.74, 6) is -1.00. The van der Waals surface area contributed by atoms with E-state index in [1.807, 2.05) is 95.9 Å². The van der Waals surface area contributed by atoms with Gasteiger partial charge in [0.05, 0.1) is 11.6 Å². The highest BCUT2D eigenvalue weighted by Crippen LogP contribution is 2.45. The molecule has 0 aliphatic carbocycles. The van der Waals surface area contributed by atoms with Crippen molar-refractivity contribution in [2.75, 3.05) is 6.54 Å². The molecule has 1 aliphatic heterocycles. The summed E-state index contributed by atoms with van der Waals surface area (Å²) in [6.45, 7) is 0.483. The third-order valence-corrected chi connectivity index (χ3v) is 5.62. The molecular formula is C24H23NO3. The molecule has 3 aromatic rings. The van der Waals surface area contributed by atoms with Gasteiger partial charge in [0, 0.05) is 6.54 Å². The SMILES string of the molecule is O=C(O)C1C(O)CCN1C(c1ccccc1)(c1ccccc1)c1ccccc1. The fourth-order valence-corrected chi connectivity index (χ4v) is 4.49. The van der Waals surface area contributed by atoms with Crippen LogP contribution in [0.15, 0.2) is 91.0 Å². The Balaban J connectivity index is 2.06. The summed E-state index contributed by atoms with van der Waals surface area (Å²) in [6, 6.07) is 28.9. The summed E-state index contributed by atoms with van der Waals surface area (Å²) >= 11 is 0. The van der Waals surface area contributed by atoms with Crippen LogP contribution in [0.2, 0.25) is 0 Å². The van der Waals surface area contributed by atoms with Crippen molar-refractivity contribution in [1.82, 2.24) is 4.90 Å². The first-order valence-corrected chi connectivity index (χ1v) is 9.50. The maximum absolute atomic E-state index is 12.2. The molecule has 4 heteroatoms. The molecule has 1 saturated heterocycles. The predicted molar refractivity (Wildman–Crippen MR) is 108 cm³/mol. The lowest BCUT2D eigenvalue weighted by molar-refractivity contribution is -0.146. The average Bonchev–Trinajstić information content (AvgIpc) is 3.13. The quantitative estimate of drug-likeness (QED) is 0.672. The Kier molecular flexibility index (Phi) is 4.99. The predicted octanol–water partition coefficient (Wildman–Crippen LogP) is 3.50. The molecule has 0 radical (unpaired) electrons. The number of aliphatic carboxylic acids is 1. The second-order valence-electron chi connectivity index (χ2n) is 7.14. The number of carbonyl (C=O) groups is 1. The summed E-state index contributed by atoms with van der Waals surface area (Å²) in [5.41, 5.74) is 2.12. The van der Waals surface area contributed by atoms with Crippen molar-refractivity contribution in [3.8, 4) is 0 Å². The Bertz CT molecular complexity index is 831. The molecule has 0 spiro atoms. The van der Waals surface area contributed by atoms with Gasteiger partial charge in [-0.25, -0.2) is 0 Å². The lowest BCUT2D eigenvalue weighted by Gasteiger charge is -2.45. The Morgan fingerprint density at radius 1 is 0.786 bits per heavy atom. The monoisotopic (exact) mass is 373 g/mol. The number of benzene rings is 3. The molecule has 3 aromatic carbocycles. The van der Waals surface area contributed by atoms with Crippen molar-refractivity contribution in [3.05, 3.63) is 108 Å². The molecular weight excluding hydrogens is 350 g/mol. The summed E-state index contributed by atoms with van der Waals surface area (Å²) in [6.07, 6.45) is -0.487. The highest BCUT2D eigenvalue weighted by Gasteiger charge is 2.52. The summed E-state index contributed by atoms with van der Waals surface area (Å²) in [7, 11) is 0. The maximum atomic E-state index is 12.2. The second-order valence-corrected chi connectivity index (χ2v) is 7.14. The molecule has 28 heavy (non-hydrogen) atoms. The minimum Gasteiger partial charge on any atom is -0.480 e. The smallest absolute Gasteiger partial charge is 0.323 e. The first kappa shape index (κ1) is 18.4. The van der Waals surface area contributed by atoms with E-state index in [0.29, 0.717) is 13.0 Å². The molecule has 1 fully saturated rings. The van der Waals surface area contributed by atoms with Crippen LogP contribution >= 0.6 is 0 Å². The van der Waals surface area contributed by atoms with Gasteiger partial charge < -0.3 is 10.2 Å². The van der Waals surface area contributed by atoms with Gasteiger partial charge >= 0.3 is 5.97 Å². The van der Waals surface area contributed by atoms with E-state index in [9.17, 15) is 15.0 Å². The minimum atomic E-state index is -1.00. The third kappa shape index (κ3) is 2.91. The van der Waals surface area contributed by atoms with E-state index in [2.05, 4.69) is 0 Å². The van der Waals surface area contributed by atoms with Gasteiger partial charge in [-0.2, -0.15) is 0 Å². The average molecular weight is 373 g/mol. The van der Waals surface area contributed by atoms with Gasteiger partial charge in [0.25, 0.3) is 0 Å². The van der Waals surface area contributed by atoms with Gasteiger partial charge in [0.1, 0.15) is 6.04 Å². The summed E-state index contributed by atoms with van der Waals surface area (Å²) < 4.78 is 0. The number of aliphatic hydroxyl groups excluding tert-OH is 1. The lowest BCUT2D eigenvalue weighted by atomic mass is 9.75. The van der Waals surface area contributed by atoms with E-state index in [0.717, 1.165) is 16.7 Å². The number of carboxylic acid groups (broad SMARTS) is 1. The molecule has 2 N–H and O–H groups in total. The molecule has 2 unspecified atom stereocenters. The van der Waals surface area contributed by atoms with Crippen molar-refractivity contribution >= 4 is 5.97 Å². The Morgan fingerprint density at radius 2 is 1.18 bits per heavy atom. The first-order chi connectivity index (χ1) is 13.7. The van der Waals surface area contributed by atoms with Crippen LogP contribution in [0.3, 0.4) is 0 Å². The number of carboxylic acids is 1. The van der Waals surface area contributed by atoms with E-state index >= 15 is 0 Å². The number of likely N-dealkylation sites (tertiary alicyclic amines) is 1. The molecule has 4 rings (SSSR count). The summed E-state index contributed by atoms with van der Waals surface area (Å²) in [5, 5.41) is 20.5. The molecule has 0 aromatic heterocycles. The molecule has 4 nitrogen and oxygen atoms in total. The molecule has 0 bridgehead atoms. The van der Waals surface area contributed by atoms with E-state index < -0.39 is 23.7 Å². The van der Waals surface area contributed by atoms with Crippen molar-refractivity contribution in [2.45, 2.75) is 24.1 Å². The van der Waals surface area contributed by atoms with Crippen LogP contribution in [0.25, 0.3) is 0 Å². The van der Waals surface area contributed by atoms with Crippen LogP contribution in [0, 0.1) is 0 Å². The number of rotatable bonds is 5. The maximum Gasteiger partial charge on any atom is 0.323 e. The van der Waals surface area contributed by atoms with Crippen LogP contribution in [0.4, 0.5) is 0 Å². The lowest BCUT2D eigenvalue weighted by Crippen LogP contribution is -2.54. The highest BCUT2D eigenvalue weighted by molar-refractivity contribution is 5.75. The Morgan fingerprint density at radius 3 is 1.54 bits per heavy atom. The molecule has 2 atom stereocenters. The van der Waals surface area contributed by atoms with E-state index in [-0.39, 0.29) is 0 Å². The fraction of sp³-hybridized carbons (Fsp3) is 0.208. The standard InChI is InChI=1S/C24H23NO3/c26-21-16-17-25(22(21)23(27)28)24(18-10-4-1-5-11-18,19-12-6-2-7-13-19)20-14-8-3-9-15-20/h1-15,21-22,26H,16-17H2,(H,27,28). The Labute approximate surface area is 164 Å².